The lowest BCUT2D eigenvalue weighted by molar-refractivity contribution is 0.112. The van der Waals surface area contributed by atoms with Gasteiger partial charge in [0, 0.05) is 10.9 Å². The van der Waals surface area contributed by atoms with Crippen molar-refractivity contribution in [1.29, 1.82) is 0 Å². The topological polar surface area (TPSA) is 30.2 Å². The minimum atomic E-state index is 0.692. The zero-order valence-corrected chi connectivity index (χ0v) is 9.16. The maximum Gasteiger partial charge on any atom is 0.150 e. The highest BCUT2D eigenvalue weighted by Crippen LogP contribution is 2.25. The molecule has 0 spiro atoms. The lowest BCUT2D eigenvalue weighted by atomic mass is 10.2. The van der Waals surface area contributed by atoms with Crippen LogP contribution in [-0.2, 0) is 0 Å². The third-order valence-corrected chi connectivity index (χ3v) is 2.65. The molecule has 3 heteroatoms. The number of benzene rings is 1. The largest absolute Gasteiger partial charge is 0.460 e. The Morgan fingerprint density at radius 2 is 2.15 bits per heavy atom. The van der Waals surface area contributed by atoms with Gasteiger partial charge < -0.3 is 4.42 Å². The summed E-state index contributed by atoms with van der Waals surface area (Å²) in [6, 6.07) is 5.59. The van der Waals surface area contributed by atoms with E-state index in [4.69, 9.17) is 4.42 Å². The summed E-state index contributed by atoms with van der Waals surface area (Å²) >= 11 is 2.17. The Hall–Kier alpha value is -0.840. The van der Waals surface area contributed by atoms with Gasteiger partial charge in [0.25, 0.3) is 0 Å². The molecule has 2 rings (SSSR count). The first kappa shape index (κ1) is 8.74. The van der Waals surface area contributed by atoms with Gasteiger partial charge >= 0.3 is 0 Å². The van der Waals surface area contributed by atoms with Crippen LogP contribution in [0.2, 0.25) is 0 Å². The summed E-state index contributed by atoms with van der Waals surface area (Å²) in [6.45, 7) is 1.90. The Labute approximate surface area is 89.1 Å². The first-order valence-electron chi connectivity index (χ1n) is 3.85. The smallest absolute Gasteiger partial charge is 0.150 e. The van der Waals surface area contributed by atoms with Crippen molar-refractivity contribution >= 4 is 39.8 Å². The van der Waals surface area contributed by atoms with Gasteiger partial charge in [0.15, 0.2) is 0 Å². The van der Waals surface area contributed by atoms with Crippen LogP contribution in [0, 0.1) is 10.5 Å². The van der Waals surface area contributed by atoms with Gasteiger partial charge in [-0.15, -0.1) is 0 Å². The SMILES string of the molecule is Cc1cc2cc(C=O)cc(I)c2o1. The summed E-state index contributed by atoms with van der Waals surface area (Å²) in [5.41, 5.74) is 1.56. The average molecular weight is 286 g/mol. The molecule has 2 nitrogen and oxygen atoms in total. The van der Waals surface area contributed by atoms with Crippen LogP contribution in [0.3, 0.4) is 0 Å². The molecule has 0 amide bonds. The molecule has 0 saturated carbocycles. The van der Waals surface area contributed by atoms with E-state index in [1.165, 1.54) is 0 Å². The molecule has 66 valence electrons. The predicted molar refractivity (Wildman–Crippen MR) is 59.1 cm³/mol. The van der Waals surface area contributed by atoms with Gasteiger partial charge in [-0.25, -0.2) is 0 Å². The van der Waals surface area contributed by atoms with Gasteiger partial charge in [-0.1, -0.05) is 0 Å². The second kappa shape index (κ2) is 3.14. The minimum Gasteiger partial charge on any atom is -0.460 e. The van der Waals surface area contributed by atoms with Crippen LogP contribution in [0.15, 0.2) is 22.6 Å². The molecule has 0 aliphatic rings. The molecule has 0 atom stereocenters. The van der Waals surface area contributed by atoms with E-state index in [0.29, 0.717) is 5.56 Å². The van der Waals surface area contributed by atoms with Crippen molar-refractivity contribution < 1.29 is 9.21 Å². The Kier molecular flexibility index (Phi) is 2.11. The molecule has 0 aliphatic carbocycles. The number of rotatable bonds is 1. The zero-order chi connectivity index (χ0) is 9.42. The van der Waals surface area contributed by atoms with Gasteiger partial charge in [0.05, 0.1) is 3.57 Å². The van der Waals surface area contributed by atoms with Crippen LogP contribution >= 0.6 is 22.6 Å². The molecule has 1 aromatic carbocycles. The van der Waals surface area contributed by atoms with Gasteiger partial charge in [0.1, 0.15) is 17.6 Å². The fraction of sp³-hybridized carbons (Fsp3) is 0.100. The van der Waals surface area contributed by atoms with Crippen LogP contribution in [0.1, 0.15) is 16.1 Å². The van der Waals surface area contributed by atoms with Crippen LogP contribution in [0.4, 0.5) is 0 Å². The van der Waals surface area contributed by atoms with Gasteiger partial charge in [0.2, 0.25) is 0 Å². The van der Waals surface area contributed by atoms with Gasteiger partial charge in [-0.2, -0.15) is 0 Å². The van der Waals surface area contributed by atoms with E-state index in [0.717, 1.165) is 26.6 Å². The molecule has 0 bridgehead atoms. The number of carbonyl (C=O) groups excluding carboxylic acids is 1. The van der Waals surface area contributed by atoms with Crippen LogP contribution in [0.5, 0.6) is 0 Å². The summed E-state index contributed by atoms with van der Waals surface area (Å²) in [7, 11) is 0. The van der Waals surface area contributed by atoms with Crippen molar-refractivity contribution in [3.05, 3.63) is 33.1 Å². The summed E-state index contributed by atoms with van der Waals surface area (Å²) in [5.74, 6) is 0.871. The van der Waals surface area contributed by atoms with E-state index in [1.807, 2.05) is 25.1 Å². The predicted octanol–water partition coefficient (Wildman–Crippen LogP) is 3.16. The number of aryl methyl sites for hydroxylation is 1. The quantitative estimate of drug-likeness (QED) is 0.595. The Morgan fingerprint density at radius 1 is 1.38 bits per heavy atom. The molecule has 0 unspecified atom stereocenters. The van der Waals surface area contributed by atoms with Crippen LogP contribution in [0.25, 0.3) is 11.0 Å². The van der Waals surface area contributed by atoms with Crippen molar-refractivity contribution in [1.82, 2.24) is 0 Å². The number of furan rings is 1. The first-order chi connectivity index (χ1) is 6.20. The normalized spacial score (nSPS) is 10.6. The van der Waals surface area contributed by atoms with E-state index in [9.17, 15) is 4.79 Å². The summed E-state index contributed by atoms with van der Waals surface area (Å²) in [5, 5.41) is 0.992. The molecule has 1 heterocycles. The van der Waals surface area contributed by atoms with E-state index >= 15 is 0 Å². The molecule has 2 aromatic rings. The van der Waals surface area contributed by atoms with Crippen molar-refractivity contribution in [3.63, 3.8) is 0 Å². The van der Waals surface area contributed by atoms with E-state index in [-0.39, 0.29) is 0 Å². The van der Waals surface area contributed by atoms with Crippen LogP contribution < -0.4 is 0 Å². The standard InChI is InChI=1S/C10H7IO2/c1-6-2-8-3-7(5-12)4-9(11)10(8)13-6/h2-5H,1H3. The Morgan fingerprint density at radius 3 is 2.85 bits per heavy atom. The second-order valence-electron chi connectivity index (χ2n) is 2.90. The fourth-order valence-corrected chi connectivity index (χ4v) is 2.11. The lowest BCUT2D eigenvalue weighted by Gasteiger charge is -1.94. The summed E-state index contributed by atoms with van der Waals surface area (Å²) in [6.07, 6.45) is 0.851. The molecule has 0 saturated heterocycles. The molecule has 0 radical (unpaired) electrons. The average Bonchev–Trinajstić information content (AvgIpc) is 2.46. The maximum atomic E-state index is 10.6. The molecule has 1 aromatic heterocycles. The third-order valence-electron chi connectivity index (χ3n) is 1.85. The van der Waals surface area contributed by atoms with Crippen molar-refractivity contribution in [2.24, 2.45) is 0 Å². The number of hydrogen-bond acceptors (Lipinski definition) is 2. The molecule has 13 heavy (non-hydrogen) atoms. The zero-order valence-electron chi connectivity index (χ0n) is 7.00. The molecule has 0 N–H and O–H groups in total. The molecule has 0 fully saturated rings. The summed E-state index contributed by atoms with van der Waals surface area (Å²) < 4.78 is 6.45. The number of carbonyl (C=O) groups is 1. The van der Waals surface area contributed by atoms with Crippen molar-refractivity contribution in [2.75, 3.05) is 0 Å². The minimum absolute atomic E-state index is 0.692. The number of aldehydes is 1. The number of halogens is 1. The first-order valence-corrected chi connectivity index (χ1v) is 4.93. The van der Waals surface area contributed by atoms with Crippen molar-refractivity contribution in [3.8, 4) is 0 Å². The van der Waals surface area contributed by atoms with E-state index in [2.05, 4.69) is 22.6 Å². The maximum absolute atomic E-state index is 10.6. The number of hydrogen-bond donors (Lipinski definition) is 0. The second-order valence-corrected chi connectivity index (χ2v) is 4.06. The monoisotopic (exact) mass is 286 g/mol. The highest BCUT2D eigenvalue weighted by atomic mass is 127. The highest BCUT2D eigenvalue weighted by Gasteiger charge is 2.05. The van der Waals surface area contributed by atoms with Gasteiger partial charge in [-0.3, -0.25) is 4.79 Å². The lowest BCUT2D eigenvalue weighted by Crippen LogP contribution is -1.81. The van der Waals surface area contributed by atoms with Gasteiger partial charge in [-0.05, 0) is 47.7 Å². The molecular formula is C10H7IO2. The van der Waals surface area contributed by atoms with Crippen molar-refractivity contribution in [2.45, 2.75) is 6.92 Å². The summed E-state index contributed by atoms with van der Waals surface area (Å²) in [4.78, 5) is 10.6. The highest BCUT2D eigenvalue weighted by molar-refractivity contribution is 14.1. The van der Waals surface area contributed by atoms with E-state index < -0.39 is 0 Å². The number of fused-ring (bicyclic) bond motifs is 1. The Bertz CT molecular complexity index is 471. The fourth-order valence-electron chi connectivity index (χ4n) is 1.33. The van der Waals surface area contributed by atoms with E-state index in [1.54, 1.807) is 0 Å². The van der Waals surface area contributed by atoms with Crippen LogP contribution in [-0.4, -0.2) is 6.29 Å². The Balaban J connectivity index is 2.82. The third kappa shape index (κ3) is 1.48. The molecule has 0 aliphatic heterocycles. The molecular weight excluding hydrogens is 279 g/mol.